The first-order chi connectivity index (χ1) is 17.2. The molecule has 0 atom stereocenters. The molecule has 1 aliphatic heterocycles. The van der Waals surface area contributed by atoms with Crippen molar-refractivity contribution in [3.63, 3.8) is 0 Å². The minimum absolute atomic E-state index is 0.793. The van der Waals surface area contributed by atoms with Crippen LogP contribution >= 0.6 is 0 Å². The average Bonchev–Trinajstić information content (AvgIpc) is 3.09. The summed E-state index contributed by atoms with van der Waals surface area (Å²) in [5.41, 5.74) is 7.24. The topological polar surface area (TPSA) is 45.6 Å². The lowest BCUT2D eigenvalue weighted by Gasteiger charge is -2.27. The van der Waals surface area contributed by atoms with Crippen molar-refractivity contribution in [1.29, 1.82) is 0 Å². The van der Waals surface area contributed by atoms with E-state index in [-0.39, 0.29) is 0 Å². The van der Waals surface area contributed by atoms with Crippen molar-refractivity contribution in [1.82, 2.24) is 14.5 Å². The van der Waals surface area contributed by atoms with Crippen LogP contribution in [0.25, 0.3) is 32.8 Å². The second-order valence-electron chi connectivity index (χ2n) is 8.93. The first-order valence-electron chi connectivity index (χ1n) is 13.2. The van der Waals surface area contributed by atoms with E-state index in [1.54, 1.807) is 7.11 Å². The molecule has 0 radical (unpaired) electrons. The van der Waals surface area contributed by atoms with Gasteiger partial charge in [0.1, 0.15) is 0 Å². The second-order valence-corrected chi connectivity index (χ2v) is 8.93. The van der Waals surface area contributed by atoms with E-state index in [0.29, 0.717) is 0 Å². The van der Waals surface area contributed by atoms with Crippen LogP contribution in [0.15, 0.2) is 42.5 Å². The van der Waals surface area contributed by atoms with Crippen LogP contribution in [0.1, 0.15) is 33.6 Å². The molecule has 0 amide bonds. The molecule has 0 spiro atoms. The predicted molar refractivity (Wildman–Crippen MR) is 151 cm³/mol. The number of likely N-dealkylation sites (N-methyl/N-ethyl adjacent to an activating group) is 1. The highest BCUT2D eigenvalue weighted by Crippen LogP contribution is 2.41. The molecule has 0 saturated heterocycles. The summed E-state index contributed by atoms with van der Waals surface area (Å²) in [6, 6.07) is 15.3. The number of methoxy groups -OCH3 is 1. The Kier molecular flexibility index (Phi) is 8.47. The first kappa shape index (κ1) is 25.3. The molecule has 1 N–H and O–H groups in total. The molecule has 0 fully saturated rings. The third-order valence-corrected chi connectivity index (χ3v) is 7.03. The van der Waals surface area contributed by atoms with Gasteiger partial charge in [-0.15, -0.1) is 0 Å². The number of para-hydroxylation sites is 1. The molecule has 188 valence electrons. The van der Waals surface area contributed by atoms with E-state index in [1.165, 1.54) is 27.5 Å². The highest BCUT2D eigenvalue weighted by Gasteiger charge is 2.24. The van der Waals surface area contributed by atoms with Crippen LogP contribution in [0.3, 0.4) is 0 Å². The van der Waals surface area contributed by atoms with Gasteiger partial charge in [-0.2, -0.15) is 0 Å². The standard InChI is InChI=1S/C27H35N5O.C2H6/c1-4-30(17-18-33-3)13-7-14-31-15-8-16-32-24-10-6-5-9-22(24)25-27(32)26(31)21-12-11-20(28-2)19-23(21)29-25;1-2/h5-6,9-12,19,28H,4,7-8,13-18H2,1-3H3;1-2H3. The summed E-state index contributed by atoms with van der Waals surface area (Å²) in [6.45, 7) is 13.3. The van der Waals surface area contributed by atoms with Crippen LogP contribution in [0.5, 0.6) is 0 Å². The Hall–Kier alpha value is -2.83. The maximum Gasteiger partial charge on any atom is 0.0988 e. The third kappa shape index (κ3) is 4.95. The number of fused-ring (bicyclic) bond motifs is 5. The Morgan fingerprint density at radius 2 is 1.89 bits per heavy atom. The SMILES string of the molecule is CC.CCN(CCCN1CCCn2c3ccccc3c3nc4cc(NC)ccc4c1c32)CCOC. The van der Waals surface area contributed by atoms with Gasteiger partial charge in [0.15, 0.2) is 0 Å². The van der Waals surface area contributed by atoms with Gasteiger partial charge in [0.2, 0.25) is 0 Å². The van der Waals surface area contributed by atoms with Gasteiger partial charge in [-0.3, -0.25) is 0 Å². The van der Waals surface area contributed by atoms with Crippen LogP contribution in [0, 0.1) is 0 Å². The quantitative estimate of drug-likeness (QED) is 0.323. The lowest BCUT2D eigenvalue weighted by Crippen LogP contribution is -2.32. The summed E-state index contributed by atoms with van der Waals surface area (Å²) in [5.74, 6) is 0. The number of hydrogen-bond donors (Lipinski definition) is 1. The van der Waals surface area contributed by atoms with Crippen LogP contribution in [-0.4, -0.2) is 67.9 Å². The van der Waals surface area contributed by atoms with Crippen molar-refractivity contribution >= 4 is 44.2 Å². The zero-order valence-corrected chi connectivity index (χ0v) is 22.1. The molecule has 2 aromatic carbocycles. The maximum absolute atomic E-state index is 5.29. The van der Waals surface area contributed by atoms with Gasteiger partial charge < -0.3 is 24.4 Å². The highest BCUT2D eigenvalue weighted by atomic mass is 16.5. The van der Waals surface area contributed by atoms with E-state index in [4.69, 9.17) is 9.72 Å². The van der Waals surface area contributed by atoms with E-state index in [0.717, 1.165) is 75.4 Å². The Labute approximate surface area is 209 Å². The number of rotatable bonds is 9. The number of aromatic nitrogens is 2. The molecule has 0 unspecified atom stereocenters. The van der Waals surface area contributed by atoms with Crippen molar-refractivity contribution in [2.75, 3.05) is 63.7 Å². The largest absolute Gasteiger partial charge is 0.388 e. The zero-order chi connectivity index (χ0) is 24.8. The first-order valence-corrected chi connectivity index (χ1v) is 13.2. The molecule has 4 aromatic rings. The zero-order valence-electron chi connectivity index (χ0n) is 22.1. The summed E-state index contributed by atoms with van der Waals surface area (Å²) >= 11 is 0. The van der Waals surface area contributed by atoms with Crippen LogP contribution in [-0.2, 0) is 11.3 Å². The Morgan fingerprint density at radius 1 is 1.06 bits per heavy atom. The summed E-state index contributed by atoms with van der Waals surface area (Å²) in [6.07, 6.45) is 2.28. The molecule has 0 bridgehead atoms. The fourth-order valence-electron chi connectivity index (χ4n) is 5.31. The third-order valence-electron chi connectivity index (χ3n) is 7.03. The number of benzene rings is 2. The number of pyridine rings is 1. The molecule has 3 heterocycles. The van der Waals surface area contributed by atoms with Crippen LogP contribution in [0.2, 0.25) is 0 Å². The Morgan fingerprint density at radius 3 is 2.66 bits per heavy atom. The summed E-state index contributed by atoms with van der Waals surface area (Å²) < 4.78 is 7.80. The van der Waals surface area contributed by atoms with Crippen molar-refractivity contribution in [2.24, 2.45) is 0 Å². The van der Waals surface area contributed by atoms with Gasteiger partial charge >= 0.3 is 0 Å². The maximum atomic E-state index is 5.29. The summed E-state index contributed by atoms with van der Waals surface area (Å²) in [4.78, 5) is 10.3. The minimum atomic E-state index is 0.793. The van der Waals surface area contributed by atoms with Gasteiger partial charge in [-0.05, 0) is 50.2 Å². The van der Waals surface area contributed by atoms with Gasteiger partial charge in [0, 0.05) is 56.8 Å². The fraction of sp³-hybridized carbons (Fsp3) is 0.483. The predicted octanol–water partition coefficient (Wildman–Crippen LogP) is 5.98. The van der Waals surface area contributed by atoms with Gasteiger partial charge in [0.05, 0.1) is 34.4 Å². The fourth-order valence-corrected chi connectivity index (χ4v) is 5.31. The monoisotopic (exact) mass is 475 g/mol. The molecule has 0 saturated carbocycles. The average molecular weight is 476 g/mol. The van der Waals surface area contributed by atoms with Crippen molar-refractivity contribution in [3.8, 4) is 0 Å². The van der Waals surface area contributed by atoms with E-state index >= 15 is 0 Å². The lowest BCUT2D eigenvalue weighted by molar-refractivity contribution is 0.150. The van der Waals surface area contributed by atoms with E-state index < -0.39 is 0 Å². The number of ether oxygens (including phenoxy) is 1. The van der Waals surface area contributed by atoms with Gasteiger partial charge in [-0.1, -0.05) is 39.0 Å². The molecule has 6 nitrogen and oxygen atoms in total. The lowest BCUT2D eigenvalue weighted by atomic mass is 10.1. The Balaban J connectivity index is 0.00000141. The summed E-state index contributed by atoms with van der Waals surface area (Å²) in [7, 11) is 3.75. The van der Waals surface area contributed by atoms with Crippen LogP contribution in [0.4, 0.5) is 11.4 Å². The molecular formula is C29H41N5O. The molecule has 6 heteroatoms. The molecule has 2 aromatic heterocycles. The molecule has 1 aliphatic rings. The normalized spacial score (nSPS) is 13.4. The Bertz CT molecular complexity index is 1260. The number of hydrogen-bond acceptors (Lipinski definition) is 5. The van der Waals surface area contributed by atoms with Gasteiger partial charge in [-0.25, -0.2) is 4.98 Å². The van der Waals surface area contributed by atoms with Crippen molar-refractivity contribution in [3.05, 3.63) is 42.5 Å². The highest BCUT2D eigenvalue weighted by molar-refractivity contribution is 6.17. The van der Waals surface area contributed by atoms with Crippen molar-refractivity contribution in [2.45, 2.75) is 40.2 Å². The second kappa shape index (κ2) is 11.7. The van der Waals surface area contributed by atoms with E-state index in [9.17, 15) is 0 Å². The molecule has 0 aliphatic carbocycles. The number of anilines is 2. The van der Waals surface area contributed by atoms with E-state index in [2.05, 4.69) is 69.1 Å². The number of nitrogens with one attached hydrogen (secondary N) is 1. The molecule has 5 rings (SSSR count). The van der Waals surface area contributed by atoms with Crippen molar-refractivity contribution < 1.29 is 4.74 Å². The van der Waals surface area contributed by atoms with Gasteiger partial charge in [0.25, 0.3) is 0 Å². The van der Waals surface area contributed by atoms with E-state index in [1.807, 2.05) is 20.9 Å². The molecular weight excluding hydrogens is 434 g/mol. The summed E-state index contributed by atoms with van der Waals surface area (Å²) in [5, 5.41) is 5.78. The number of nitrogens with zero attached hydrogens (tertiary/aromatic N) is 4. The smallest absolute Gasteiger partial charge is 0.0988 e. The number of aryl methyl sites for hydroxylation is 1. The van der Waals surface area contributed by atoms with Crippen LogP contribution < -0.4 is 10.2 Å². The molecule has 35 heavy (non-hydrogen) atoms. The minimum Gasteiger partial charge on any atom is -0.388 e.